The van der Waals surface area contributed by atoms with Crippen molar-refractivity contribution in [1.82, 2.24) is 10.6 Å². The van der Waals surface area contributed by atoms with Crippen molar-refractivity contribution < 1.29 is 9.59 Å². The maximum absolute atomic E-state index is 11.8. The highest BCUT2D eigenvalue weighted by Gasteiger charge is 2.45. The maximum atomic E-state index is 11.8. The molecule has 0 aromatic heterocycles. The summed E-state index contributed by atoms with van der Waals surface area (Å²) in [6.07, 6.45) is 2.50. The smallest absolute Gasteiger partial charge is 0.243 e. The van der Waals surface area contributed by atoms with Crippen molar-refractivity contribution in [2.45, 2.75) is 44.7 Å². The lowest BCUT2D eigenvalue weighted by Crippen LogP contribution is -2.48. The first-order valence-electron chi connectivity index (χ1n) is 5.46. The van der Waals surface area contributed by atoms with Crippen molar-refractivity contribution >= 4 is 12.3 Å². The van der Waals surface area contributed by atoms with E-state index in [1.165, 1.54) is 0 Å². The molecule has 0 saturated heterocycles. The van der Waals surface area contributed by atoms with Gasteiger partial charge in [-0.2, -0.15) is 5.26 Å². The molecule has 1 atom stereocenters. The van der Waals surface area contributed by atoms with Gasteiger partial charge in [-0.05, 0) is 25.2 Å². The van der Waals surface area contributed by atoms with Crippen LogP contribution in [0.4, 0.5) is 0 Å². The first kappa shape index (κ1) is 12.5. The summed E-state index contributed by atoms with van der Waals surface area (Å²) >= 11 is 0. The van der Waals surface area contributed by atoms with Crippen molar-refractivity contribution in [2.75, 3.05) is 0 Å². The quantitative estimate of drug-likeness (QED) is 0.636. The molecule has 0 heterocycles. The zero-order chi connectivity index (χ0) is 12.2. The monoisotopic (exact) mass is 223 g/mol. The molecule has 0 aromatic rings. The second kappa shape index (κ2) is 4.97. The van der Waals surface area contributed by atoms with Crippen molar-refractivity contribution in [3.8, 4) is 6.07 Å². The zero-order valence-electron chi connectivity index (χ0n) is 9.62. The van der Waals surface area contributed by atoms with E-state index >= 15 is 0 Å². The number of nitriles is 1. The van der Waals surface area contributed by atoms with E-state index in [2.05, 4.69) is 16.7 Å². The van der Waals surface area contributed by atoms with E-state index in [1.54, 1.807) is 0 Å². The molecule has 0 radical (unpaired) electrons. The predicted molar refractivity (Wildman–Crippen MR) is 58.2 cm³/mol. The molecular weight excluding hydrogens is 206 g/mol. The van der Waals surface area contributed by atoms with Crippen LogP contribution >= 0.6 is 0 Å². The first-order valence-corrected chi connectivity index (χ1v) is 5.46. The number of nitrogens with one attached hydrogen (secondary N) is 2. The number of hydrogen-bond acceptors (Lipinski definition) is 3. The number of carbonyl (C=O) groups excluding carboxylic acids is 2. The molecule has 1 aliphatic rings. The van der Waals surface area contributed by atoms with Gasteiger partial charge in [0, 0.05) is 0 Å². The summed E-state index contributed by atoms with van der Waals surface area (Å²) in [5.41, 5.74) is -0.670. The number of hydrogen-bond donors (Lipinski definition) is 2. The molecule has 0 spiro atoms. The molecule has 0 aromatic carbocycles. The topological polar surface area (TPSA) is 82.0 Å². The van der Waals surface area contributed by atoms with Gasteiger partial charge in [0.2, 0.25) is 12.3 Å². The summed E-state index contributed by atoms with van der Waals surface area (Å²) < 4.78 is 0. The molecule has 5 heteroatoms. The zero-order valence-corrected chi connectivity index (χ0v) is 9.62. The van der Waals surface area contributed by atoms with Crippen molar-refractivity contribution in [3.63, 3.8) is 0 Å². The van der Waals surface area contributed by atoms with E-state index in [9.17, 15) is 9.59 Å². The molecule has 16 heavy (non-hydrogen) atoms. The van der Waals surface area contributed by atoms with E-state index in [-0.39, 0.29) is 5.91 Å². The van der Waals surface area contributed by atoms with Gasteiger partial charge in [0.05, 0.1) is 6.07 Å². The molecule has 1 unspecified atom stereocenters. The molecule has 1 aliphatic carbocycles. The highest BCUT2D eigenvalue weighted by Crippen LogP contribution is 2.34. The van der Waals surface area contributed by atoms with E-state index in [0.29, 0.717) is 31.6 Å². The summed E-state index contributed by atoms with van der Waals surface area (Å²) in [7, 11) is 0. The Morgan fingerprint density at radius 1 is 1.56 bits per heavy atom. The van der Waals surface area contributed by atoms with Gasteiger partial charge < -0.3 is 10.6 Å². The number of rotatable bonds is 6. The average Bonchev–Trinajstić information content (AvgIpc) is 2.97. The van der Waals surface area contributed by atoms with Crippen LogP contribution in [0.15, 0.2) is 0 Å². The fraction of sp³-hybridized carbons (Fsp3) is 0.727. The summed E-state index contributed by atoms with van der Waals surface area (Å²) in [5, 5.41) is 14.0. The van der Waals surface area contributed by atoms with Crippen molar-refractivity contribution in [1.29, 1.82) is 5.26 Å². The van der Waals surface area contributed by atoms with Crippen molar-refractivity contribution in [2.24, 2.45) is 5.92 Å². The second-order valence-electron chi connectivity index (χ2n) is 4.65. The van der Waals surface area contributed by atoms with E-state index in [1.807, 2.05) is 13.8 Å². The molecule has 88 valence electrons. The molecule has 0 bridgehead atoms. The summed E-state index contributed by atoms with van der Waals surface area (Å²) in [6.45, 7) is 3.95. The van der Waals surface area contributed by atoms with Gasteiger partial charge in [-0.3, -0.25) is 9.59 Å². The van der Waals surface area contributed by atoms with Gasteiger partial charge in [0.1, 0.15) is 11.6 Å². The van der Waals surface area contributed by atoms with E-state index < -0.39 is 11.6 Å². The Hall–Kier alpha value is -1.57. The van der Waals surface area contributed by atoms with Gasteiger partial charge in [-0.15, -0.1) is 0 Å². The van der Waals surface area contributed by atoms with Crippen LogP contribution in [-0.4, -0.2) is 23.9 Å². The normalized spacial score (nSPS) is 18.4. The van der Waals surface area contributed by atoms with Crippen LogP contribution < -0.4 is 10.6 Å². The standard InChI is InChI=1S/C11H17N3O2/c1-8(2)5-9(13-7-15)10(16)14-11(6-12)3-4-11/h7-9H,3-5H2,1-2H3,(H,13,15)(H,14,16). The molecule has 5 nitrogen and oxygen atoms in total. The van der Waals surface area contributed by atoms with Crippen LogP contribution in [0.2, 0.25) is 0 Å². The van der Waals surface area contributed by atoms with Gasteiger partial charge >= 0.3 is 0 Å². The Labute approximate surface area is 95.2 Å². The van der Waals surface area contributed by atoms with Crippen LogP contribution in [-0.2, 0) is 9.59 Å². The van der Waals surface area contributed by atoms with Gasteiger partial charge in [-0.25, -0.2) is 0 Å². The summed E-state index contributed by atoms with van der Waals surface area (Å²) in [6, 6.07) is 1.55. The summed E-state index contributed by atoms with van der Waals surface area (Å²) in [4.78, 5) is 22.2. The highest BCUT2D eigenvalue weighted by atomic mass is 16.2. The second-order valence-corrected chi connectivity index (χ2v) is 4.65. The first-order chi connectivity index (χ1) is 7.53. The third-order valence-electron chi connectivity index (χ3n) is 2.62. The minimum absolute atomic E-state index is 0.264. The lowest BCUT2D eigenvalue weighted by atomic mass is 10.0. The molecular formula is C11H17N3O2. The Balaban J connectivity index is 2.54. The SMILES string of the molecule is CC(C)CC(NC=O)C(=O)NC1(C#N)CC1. The third-order valence-corrected chi connectivity index (χ3v) is 2.62. The Morgan fingerprint density at radius 2 is 2.19 bits per heavy atom. The fourth-order valence-electron chi connectivity index (χ4n) is 1.52. The van der Waals surface area contributed by atoms with Crippen molar-refractivity contribution in [3.05, 3.63) is 0 Å². The van der Waals surface area contributed by atoms with Crippen LogP contribution in [0.25, 0.3) is 0 Å². The van der Waals surface area contributed by atoms with Crippen LogP contribution in [0.3, 0.4) is 0 Å². The van der Waals surface area contributed by atoms with Crippen LogP contribution in [0.1, 0.15) is 33.1 Å². The Kier molecular flexibility index (Phi) is 3.88. The van der Waals surface area contributed by atoms with Gasteiger partial charge in [0.15, 0.2) is 0 Å². The average molecular weight is 223 g/mol. The molecule has 2 N–H and O–H groups in total. The maximum Gasteiger partial charge on any atom is 0.243 e. The lowest BCUT2D eigenvalue weighted by molar-refractivity contribution is -0.126. The fourth-order valence-corrected chi connectivity index (χ4v) is 1.52. The third kappa shape index (κ3) is 3.23. The van der Waals surface area contributed by atoms with Gasteiger partial charge in [0.25, 0.3) is 0 Å². The minimum atomic E-state index is -0.670. The largest absolute Gasteiger partial charge is 0.347 e. The molecule has 0 aliphatic heterocycles. The Bertz CT molecular complexity index is 316. The number of nitrogens with zero attached hydrogens (tertiary/aromatic N) is 1. The Morgan fingerprint density at radius 3 is 2.56 bits per heavy atom. The molecule has 2 amide bonds. The molecule has 1 fully saturated rings. The lowest BCUT2D eigenvalue weighted by Gasteiger charge is -2.19. The predicted octanol–water partition coefficient (Wildman–Crippen LogP) is 0.319. The highest BCUT2D eigenvalue weighted by molar-refractivity contribution is 5.85. The molecule has 1 saturated carbocycles. The van der Waals surface area contributed by atoms with Crippen LogP contribution in [0, 0.1) is 17.2 Å². The molecule has 1 rings (SSSR count). The minimum Gasteiger partial charge on any atom is -0.347 e. The van der Waals surface area contributed by atoms with E-state index in [4.69, 9.17) is 5.26 Å². The number of amides is 2. The van der Waals surface area contributed by atoms with Crippen LogP contribution in [0.5, 0.6) is 0 Å². The van der Waals surface area contributed by atoms with E-state index in [0.717, 1.165) is 0 Å². The summed E-state index contributed by atoms with van der Waals surface area (Å²) in [5.74, 6) is 0.0419. The van der Waals surface area contributed by atoms with Gasteiger partial charge in [-0.1, -0.05) is 13.8 Å². The number of carbonyl (C=O) groups is 2.